The molecule has 0 amide bonds. The quantitative estimate of drug-likeness (QED) is 0.0200. The third kappa shape index (κ3) is 20.9. The van der Waals surface area contributed by atoms with Crippen molar-refractivity contribution in [3.63, 3.8) is 0 Å². The van der Waals surface area contributed by atoms with E-state index in [0.29, 0.717) is 89.6 Å². The van der Waals surface area contributed by atoms with Crippen LogP contribution in [0.2, 0.25) is 0 Å². The molecule has 0 spiro atoms. The van der Waals surface area contributed by atoms with Crippen LogP contribution in [-0.2, 0) is 87.0 Å². The molecule has 0 saturated carbocycles. The van der Waals surface area contributed by atoms with Crippen molar-refractivity contribution < 1.29 is 51.6 Å². The van der Waals surface area contributed by atoms with E-state index in [2.05, 4.69) is 66.6 Å². The average Bonchev–Trinajstić information content (AvgIpc) is 1.58. The van der Waals surface area contributed by atoms with Gasteiger partial charge in [0.05, 0.1) is 91.5 Å². The van der Waals surface area contributed by atoms with E-state index in [-0.39, 0.29) is 58.7 Å². The van der Waals surface area contributed by atoms with E-state index in [1.165, 1.54) is 90.0 Å². The van der Waals surface area contributed by atoms with Crippen molar-refractivity contribution in [2.24, 2.45) is 5.73 Å². The number of fused-ring (bicyclic) bond motifs is 4. The lowest BCUT2D eigenvalue weighted by Gasteiger charge is -2.15. The highest BCUT2D eigenvalue weighted by molar-refractivity contribution is 7.94. The average molecular weight is 1720 g/mol. The molecular weight excluding hydrogens is 1640 g/mol. The van der Waals surface area contributed by atoms with Crippen LogP contribution in [0.4, 0.5) is 62.6 Å². The summed E-state index contributed by atoms with van der Waals surface area (Å²) in [4.78, 5) is 28.6. The van der Waals surface area contributed by atoms with Gasteiger partial charge in [-0.1, -0.05) is 164 Å². The van der Waals surface area contributed by atoms with Gasteiger partial charge in [0, 0.05) is 37.0 Å². The smallest absolute Gasteiger partial charge is 0.260 e. The predicted octanol–water partition coefficient (Wildman–Crippen LogP) is 20.2. The molecule has 0 bridgehead atoms. The SMILES string of the molecule is [C-]#[N+]c1cc(S(=O)(=O)Nc2ccc(C)c3c2CC=C3C)ccc1CCCOC.[C-]#[N+]c1cccc(S(=O)(=O)Nc2ccc(-c3ccccc3)c3c2CC=C3)c1.[C-]#[N+]c1cccc(S(=O)(=O)Nc2ccc(C)c3c2CC(C)=C3)c1.[C-]#[N+]c1cccc(S(=O)(=O)Nc2cccc(C(=C)N)c2N)c1.[C-]#[N+]c1cccc(S(=O)(=O)Nc2cccc3c2CCC3=O)c1. The Balaban J connectivity index is 0.000000149. The minimum Gasteiger partial charge on any atom is -0.399 e. The number of ketones is 1. The van der Waals surface area contributed by atoms with Crippen molar-refractivity contribution in [3.8, 4) is 11.1 Å². The molecule has 0 aliphatic heterocycles. The molecule has 0 heterocycles. The number of hydrogen-bond donors (Lipinski definition) is 7. The molecule has 0 unspecified atom stereocenters. The number of benzene rings is 11. The fraction of sp³-hybridized carbons (Fsp3) is 0.140. The summed E-state index contributed by atoms with van der Waals surface area (Å²) in [7, 11) is -17.3. The van der Waals surface area contributed by atoms with E-state index in [0.717, 1.165) is 79.6 Å². The summed E-state index contributed by atoms with van der Waals surface area (Å²) in [5.74, 6) is 0.0334. The molecule has 0 fully saturated rings. The second-order valence-electron chi connectivity index (χ2n) is 28.4. The number of para-hydroxylation sites is 1. The molecule has 9 N–H and O–H groups in total. The monoisotopic (exact) mass is 1720 g/mol. The van der Waals surface area contributed by atoms with Gasteiger partial charge in [-0.3, -0.25) is 28.4 Å². The van der Waals surface area contributed by atoms with Crippen LogP contribution in [0.25, 0.3) is 58.8 Å². The Morgan fingerprint density at radius 3 is 1.44 bits per heavy atom. The van der Waals surface area contributed by atoms with E-state index in [1.807, 2.05) is 101 Å². The normalized spacial score (nSPS) is 12.6. The summed E-state index contributed by atoms with van der Waals surface area (Å²) in [5.41, 5.74) is 31.5. The molecule has 11 aromatic carbocycles. The zero-order valence-electron chi connectivity index (χ0n) is 66.8. The zero-order chi connectivity index (χ0) is 87.8. The summed E-state index contributed by atoms with van der Waals surface area (Å²) in [6.45, 7) is 47.7. The van der Waals surface area contributed by atoms with Crippen molar-refractivity contribution in [2.75, 3.05) is 43.1 Å². The van der Waals surface area contributed by atoms with E-state index >= 15 is 0 Å². The van der Waals surface area contributed by atoms with Crippen LogP contribution in [0.1, 0.15) is 98.2 Å². The number of anilines is 6. The molecule has 0 aromatic heterocycles. The van der Waals surface area contributed by atoms with Gasteiger partial charge >= 0.3 is 0 Å². The zero-order valence-corrected chi connectivity index (χ0v) is 70.9. The summed E-state index contributed by atoms with van der Waals surface area (Å²) in [6, 6.07) is 59.4. The van der Waals surface area contributed by atoms with Crippen LogP contribution in [0.15, 0.2) is 267 Å². The molecule has 24 nitrogen and oxygen atoms in total. The first-order chi connectivity index (χ1) is 58.2. The van der Waals surface area contributed by atoms with Crippen LogP contribution < -0.4 is 35.1 Å². The van der Waals surface area contributed by atoms with Crippen molar-refractivity contribution in [2.45, 2.75) is 97.1 Å². The first kappa shape index (κ1) is 88.6. The molecule has 29 heteroatoms. The van der Waals surface area contributed by atoms with E-state index in [1.54, 1.807) is 86.0 Å². The topological polar surface area (TPSA) is 331 Å². The number of nitrogen functional groups attached to an aromatic ring is 1. The van der Waals surface area contributed by atoms with Crippen LogP contribution in [-0.4, -0.2) is 61.6 Å². The molecular formula is C93H82N12O12S5. The number of nitrogens with zero attached hydrogens (tertiary/aromatic N) is 5. The second-order valence-corrected chi connectivity index (χ2v) is 36.8. The number of nitrogens with two attached hydrogens (primary N) is 2. The van der Waals surface area contributed by atoms with Gasteiger partial charge in [0.1, 0.15) is 0 Å². The molecule has 4 aliphatic carbocycles. The largest absolute Gasteiger partial charge is 0.399 e. The standard InChI is InChI=1S/C22H24N2O3S.C22H16N2O2S.C18H16N2O2S.C16H12N2O3S.C15H14N4O2S/c1-15-7-11-19-20(12-8-16(2)22(15)19)24-28(25,26)18-10-9-17(6-5-13-27-4)21(14-18)23-3;1-23-17-9-5-10-18(15-17)27(25,26)24-22-14-13-19(16-7-3-2-4-8-16)20-11-6-12-21(20)22;1-12-9-16-13(2)7-8-18(17(16)10-12)20-23(21,22)15-6-4-5-14(11-15)19-3;1-17-11-4-2-5-12(10-11)22(20,21)18-15-7-3-6-14-13(15)8-9-16(14)19;1-10(16)13-7-4-8-14(15(13)17)19-22(20,21)12-6-3-5-11(9-12)18-2/h7-10,12,14,24H,5-6,11,13H2,1-2,4H3;2-11,13-15,24H,12H2;4-9,11,20H,10H2,1-2H3;2-7,10,18H,8-9H2;3-9,19H,1,16-17H2. The number of allylic oxidation sites excluding steroid dienone is 4. The second kappa shape index (κ2) is 38.3. The lowest BCUT2D eigenvalue weighted by molar-refractivity contribution is 0.0994. The Labute approximate surface area is 712 Å². The van der Waals surface area contributed by atoms with Crippen LogP contribution in [0, 0.1) is 46.7 Å². The summed E-state index contributed by atoms with van der Waals surface area (Å²) < 4.78 is 144. The first-order valence-corrected chi connectivity index (χ1v) is 45.1. The number of sulfonamides is 5. The molecule has 122 heavy (non-hydrogen) atoms. The first-order valence-electron chi connectivity index (χ1n) is 37.7. The number of Topliss-reactive ketones (excluding diaryl/α,β-unsaturated/α-hetero) is 1. The molecule has 616 valence electrons. The number of aryl methyl sites for hydroxylation is 3. The predicted molar refractivity (Wildman–Crippen MR) is 483 cm³/mol. The van der Waals surface area contributed by atoms with E-state index < -0.39 is 50.1 Å². The maximum Gasteiger partial charge on any atom is 0.260 e. The van der Waals surface area contributed by atoms with Gasteiger partial charge in [-0.25, -0.2) is 66.3 Å². The highest BCUT2D eigenvalue weighted by Crippen LogP contribution is 2.41. The fourth-order valence-electron chi connectivity index (χ4n) is 14.0. The van der Waals surface area contributed by atoms with Gasteiger partial charge < -0.3 is 16.2 Å². The lowest BCUT2D eigenvalue weighted by Crippen LogP contribution is -2.15. The summed E-state index contributed by atoms with van der Waals surface area (Å²) in [6.07, 6.45) is 12.8. The Kier molecular flexibility index (Phi) is 27.8. The molecule has 0 saturated heterocycles. The van der Waals surface area contributed by atoms with Crippen LogP contribution in [0.3, 0.4) is 0 Å². The number of carbonyl (C=O) groups excluding carboxylic acids is 1. The lowest BCUT2D eigenvalue weighted by atomic mass is 9.96. The highest BCUT2D eigenvalue weighted by atomic mass is 32.2. The van der Waals surface area contributed by atoms with Crippen molar-refractivity contribution in [1.29, 1.82) is 0 Å². The summed E-state index contributed by atoms with van der Waals surface area (Å²) >= 11 is 0. The van der Waals surface area contributed by atoms with E-state index in [9.17, 15) is 46.9 Å². The Morgan fingerprint density at radius 1 is 0.459 bits per heavy atom. The Hall–Kier alpha value is -14.2. The van der Waals surface area contributed by atoms with Gasteiger partial charge in [0.15, 0.2) is 34.2 Å². The van der Waals surface area contributed by atoms with Gasteiger partial charge in [-0.15, -0.1) is 0 Å². The number of ether oxygens (including phenoxy) is 1. The number of hydrogen-bond acceptors (Lipinski definition) is 14. The molecule has 15 rings (SSSR count). The van der Waals surface area contributed by atoms with Crippen molar-refractivity contribution >= 4 is 142 Å². The number of nitrogens with one attached hydrogen (secondary N) is 5. The van der Waals surface area contributed by atoms with E-state index in [4.69, 9.17) is 49.1 Å². The molecule has 0 radical (unpaired) electrons. The number of carbonyl (C=O) groups is 1. The highest BCUT2D eigenvalue weighted by Gasteiger charge is 2.28. The van der Waals surface area contributed by atoms with Crippen LogP contribution >= 0.6 is 0 Å². The van der Waals surface area contributed by atoms with Crippen molar-refractivity contribution in [1.82, 2.24) is 0 Å². The van der Waals surface area contributed by atoms with Gasteiger partial charge in [-0.2, -0.15) is 0 Å². The Bertz CT molecular complexity index is 6950. The minimum absolute atomic E-state index is 0.0163. The van der Waals surface area contributed by atoms with Crippen LogP contribution in [0.5, 0.6) is 0 Å². The molecule has 11 aromatic rings. The van der Waals surface area contributed by atoms with Gasteiger partial charge in [-0.05, 0) is 230 Å². The number of methoxy groups -OCH3 is 1. The van der Waals surface area contributed by atoms with Gasteiger partial charge in [0.25, 0.3) is 50.1 Å². The summed E-state index contributed by atoms with van der Waals surface area (Å²) in [5, 5.41) is 0. The fourth-order valence-corrected chi connectivity index (χ4v) is 19.6. The van der Waals surface area contributed by atoms with Gasteiger partial charge in [0.2, 0.25) is 0 Å². The maximum atomic E-state index is 13.0. The molecule has 4 aliphatic rings. The third-order valence-corrected chi connectivity index (χ3v) is 26.9. The Morgan fingerprint density at radius 2 is 0.926 bits per heavy atom. The molecule has 0 atom stereocenters. The maximum absolute atomic E-state index is 13.0. The number of rotatable bonds is 21. The van der Waals surface area contributed by atoms with Crippen molar-refractivity contribution in [3.05, 3.63) is 367 Å². The minimum atomic E-state index is -3.85. The third-order valence-electron chi connectivity index (χ3n) is 20.1.